The molecule has 0 spiro atoms. The molecule has 2 aromatic carbocycles. The van der Waals surface area contributed by atoms with Crippen molar-refractivity contribution >= 4 is 28.1 Å². The number of carbonyl (C=O) groups excluding carboxylic acids is 1. The van der Waals surface area contributed by atoms with Crippen LogP contribution < -0.4 is 5.43 Å². The highest BCUT2D eigenvalue weighted by atomic mass is 79.9. The van der Waals surface area contributed by atoms with Crippen LogP contribution in [-0.2, 0) is 10.4 Å². The Hall–Kier alpha value is -2.70. The maximum atomic E-state index is 12.7. The zero-order valence-electron chi connectivity index (χ0n) is 13.1. The molecule has 3 rings (SSSR count). The molecule has 0 unspecified atom stereocenters. The first kappa shape index (κ1) is 17.1. The standard InChI is InChI=1S/C19H15BrN2O3/c20-17-12-11-16(25-17)13-21-22-18(23)19(24,14-7-3-1-4-8-14)15-9-5-2-6-10-15/h1-13,24H,(H,22,23). The largest absolute Gasteiger partial charge is 0.448 e. The van der Waals surface area contributed by atoms with Crippen molar-refractivity contribution in [1.29, 1.82) is 0 Å². The number of amides is 1. The predicted octanol–water partition coefficient (Wildman–Crippen LogP) is 3.43. The van der Waals surface area contributed by atoms with Crippen LogP contribution in [0.25, 0.3) is 0 Å². The number of nitrogens with one attached hydrogen (secondary N) is 1. The van der Waals surface area contributed by atoms with E-state index in [1.807, 2.05) is 12.1 Å². The summed E-state index contributed by atoms with van der Waals surface area (Å²) in [5.41, 5.74) is 1.43. The first-order valence-corrected chi connectivity index (χ1v) is 8.32. The van der Waals surface area contributed by atoms with Crippen LogP contribution in [0.1, 0.15) is 16.9 Å². The summed E-state index contributed by atoms with van der Waals surface area (Å²) in [4.78, 5) is 12.7. The van der Waals surface area contributed by atoms with Crippen molar-refractivity contribution in [2.24, 2.45) is 5.10 Å². The number of hydrogen-bond acceptors (Lipinski definition) is 4. The topological polar surface area (TPSA) is 74.8 Å². The molecule has 3 aromatic rings. The van der Waals surface area contributed by atoms with E-state index in [4.69, 9.17) is 4.42 Å². The highest BCUT2D eigenvalue weighted by molar-refractivity contribution is 9.10. The maximum absolute atomic E-state index is 12.7. The van der Waals surface area contributed by atoms with Crippen molar-refractivity contribution in [3.8, 4) is 0 Å². The van der Waals surface area contributed by atoms with Gasteiger partial charge < -0.3 is 9.52 Å². The Balaban J connectivity index is 1.89. The molecule has 1 amide bonds. The molecule has 0 aliphatic rings. The van der Waals surface area contributed by atoms with Crippen molar-refractivity contribution < 1.29 is 14.3 Å². The van der Waals surface area contributed by atoms with Crippen LogP contribution in [0.2, 0.25) is 0 Å². The SMILES string of the molecule is O=C(NN=Cc1ccc(Br)o1)C(O)(c1ccccc1)c1ccccc1. The highest BCUT2D eigenvalue weighted by Gasteiger charge is 2.39. The lowest BCUT2D eigenvalue weighted by molar-refractivity contribution is -0.136. The summed E-state index contributed by atoms with van der Waals surface area (Å²) in [5.74, 6) is -0.193. The summed E-state index contributed by atoms with van der Waals surface area (Å²) < 4.78 is 5.83. The Labute approximate surface area is 153 Å². The molecule has 2 N–H and O–H groups in total. The van der Waals surface area contributed by atoms with Gasteiger partial charge in [0, 0.05) is 0 Å². The predicted molar refractivity (Wildman–Crippen MR) is 98.0 cm³/mol. The van der Waals surface area contributed by atoms with Gasteiger partial charge in [-0.1, -0.05) is 60.7 Å². The molecule has 0 atom stereocenters. The minimum Gasteiger partial charge on any atom is -0.448 e. The maximum Gasteiger partial charge on any atom is 0.281 e. The Morgan fingerprint density at radius 3 is 2.04 bits per heavy atom. The Kier molecular flexibility index (Phi) is 5.11. The third kappa shape index (κ3) is 3.70. The van der Waals surface area contributed by atoms with Gasteiger partial charge in [-0.3, -0.25) is 4.79 Å². The van der Waals surface area contributed by atoms with Crippen molar-refractivity contribution in [3.63, 3.8) is 0 Å². The van der Waals surface area contributed by atoms with E-state index in [0.29, 0.717) is 21.6 Å². The van der Waals surface area contributed by atoms with Gasteiger partial charge in [-0.2, -0.15) is 5.10 Å². The fourth-order valence-corrected chi connectivity index (χ4v) is 2.74. The molecular formula is C19H15BrN2O3. The molecule has 5 nitrogen and oxygen atoms in total. The minimum absolute atomic E-state index is 0.453. The van der Waals surface area contributed by atoms with Crippen LogP contribution in [-0.4, -0.2) is 17.2 Å². The van der Waals surface area contributed by atoms with Crippen LogP contribution in [0, 0.1) is 0 Å². The Bertz CT molecular complexity index is 836. The summed E-state index contributed by atoms with van der Waals surface area (Å²) >= 11 is 3.19. The van der Waals surface area contributed by atoms with E-state index in [1.165, 1.54) is 6.21 Å². The van der Waals surface area contributed by atoms with Crippen LogP contribution in [0.5, 0.6) is 0 Å². The fourth-order valence-electron chi connectivity index (χ4n) is 2.42. The quantitative estimate of drug-likeness (QED) is 0.510. The van der Waals surface area contributed by atoms with E-state index >= 15 is 0 Å². The van der Waals surface area contributed by atoms with E-state index in [2.05, 4.69) is 26.5 Å². The summed E-state index contributed by atoms with van der Waals surface area (Å²) in [5, 5.41) is 15.1. The molecule has 0 fully saturated rings. The second kappa shape index (κ2) is 7.46. The van der Waals surface area contributed by atoms with Crippen molar-refractivity contribution in [2.75, 3.05) is 0 Å². The molecule has 6 heteroatoms. The van der Waals surface area contributed by atoms with Gasteiger partial charge >= 0.3 is 0 Å². The second-order valence-corrected chi connectivity index (χ2v) is 6.07. The number of furan rings is 1. The molecule has 0 aliphatic carbocycles. The van der Waals surface area contributed by atoms with Crippen LogP contribution in [0.4, 0.5) is 0 Å². The van der Waals surface area contributed by atoms with E-state index < -0.39 is 11.5 Å². The van der Waals surface area contributed by atoms with E-state index in [9.17, 15) is 9.90 Å². The number of halogens is 1. The second-order valence-electron chi connectivity index (χ2n) is 5.28. The molecule has 0 aliphatic heterocycles. The molecular weight excluding hydrogens is 384 g/mol. The Morgan fingerprint density at radius 2 is 1.56 bits per heavy atom. The van der Waals surface area contributed by atoms with Crippen LogP contribution in [0.15, 0.2) is 87.0 Å². The van der Waals surface area contributed by atoms with Gasteiger partial charge in [0.05, 0.1) is 6.21 Å². The first-order valence-electron chi connectivity index (χ1n) is 7.53. The van der Waals surface area contributed by atoms with E-state index in [-0.39, 0.29) is 0 Å². The van der Waals surface area contributed by atoms with E-state index in [0.717, 1.165) is 0 Å². The van der Waals surface area contributed by atoms with Gasteiger partial charge in [0.2, 0.25) is 0 Å². The molecule has 1 heterocycles. The number of rotatable bonds is 5. The number of hydrogen-bond donors (Lipinski definition) is 2. The third-order valence-corrected chi connectivity index (χ3v) is 4.09. The molecule has 126 valence electrons. The van der Waals surface area contributed by atoms with Gasteiger partial charge in [0.15, 0.2) is 10.3 Å². The molecule has 0 saturated heterocycles. The van der Waals surface area contributed by atoms with Crippen LogP contribution >= 0.6 is 15.9 Å². The summed E-state index contributed by atoms with van der Waals surface area (Å²) in [6, 6.07) is 20.9. The minimum atomic E-state index is -1.86. The molecule has 25 heavy (non-hydrogen) atoms. The van der Waals surface area contributed by atoms with Gasteiger partial charge in [0.1, 0.15) is 5.76 Å². The monoisotopic (exact) mass is 398 g/mol. The van der Waals surface area contributed by atoms with Crippen molar-refractivity contribution in [1.82, 2.24) is 5.43 Å². The van der Waals surface area contributed by atoms with Crippen molar-refractivity contribution in [3.05, 3.63) is 94.4 Å². The van der Waals surface area contributed by atoms with Gasteiger partial charge in [-0.05, 0) is 39.2 Å². The molecule has 0 saturated carbocycles. The average Bonchev–Trinajstić information content (AvgIpc) is 3.07. The van der Waals surface area contributed by atoms with Gasteiger partial charge in [0.25, 0.3) is 5.91 Å². The summed E-state index contributed by atoms with van der Waals surface area (Å²) in [6.07, 6.45) is 1.36. The summed E-state index contributed by atoms with van der Waals surface area (Å²) in [6.45, 7) is 0. The first-order chi connectivity index (χ1) is 12.1. The third-order valence-electron chi connectivity index (χ3n) is 3.66. The molecule has 1 aromatic heterocycles. The van der Waals surface area contributed by atoms with E-state index in [1.54, 1.807) is 60.7 Å². The molecule has 0 radical (unpaired) electrons. The number of carbonyl (C=O) groups is 1. The smallest absolute Gasteiger partial charge is 0.281 e. The van der Waals surface area contributed by atoms with Crippen molar-refractivity contribution in [2.45, 2.75) is 5.60 Å². The fraction of sp³-hybridized carbons (Fsp3) is 0.0526. The zero-order chi connectivity index (χ0) is 17.7. The summed E-state index contributed by atoms with van der Waals surface area (Å²) in [7, 11) is 0. The lowest BCUT2D eigenvalue weighted by atomic mass is 9.85. The lowest BCUT2D eigenvalue weighted by Gasteiger charge is -2.26. The average molecular weight is 399 g/mol. The van der Waals surface area contributed by atoms with Crippen LogP contribution in [0.3, 0.4) is 0 Å². The lowest BCUT2D eigenvalue weighted by Crippen LogP contribution is -2.43. The number of benzene rings is 2. The van der Waals surface area contributed by atoms with Gasteiger partial charge in [-0.25, -0.2) is 5.43 Å². The number of hydrazone groups is 1. The number of aliphatic hydroxyl groups is 1. The number of nitrogens with zero attached hydrogens (tertiary/aromatic N) is 1. The highest BCUT2D eigenvalue weighted by Crippen LogP contribution is 2.29. The zero-order valence-corrected chi connectivity index (χ0v) is 14.7. The Morgan fingerprint density at radius 1 is 1.00 bits per heavy atom. The van der Waals surface area contributed by atoms with Gasteiger partial charge in [-0.15, -0.1) is 0 Å². The normalized spacial score (nSPS) is 11.6. The molecule has 0 bridgehead atoms.